The summed E-state index contributed by atoms with van der Waals surface area (Å²) in [5, 5.41) is 3.40. The molecule has 0 aromatic heterocycles. The minimum absolute atomic E-state index is 0.172. The molecular weight excluding hydrogens is 290 g/mol. The quantitative estimate of drug-likeness (QED) is 0.602. The zero-order valence-corrected chi connectivity index (χ0v) is 15.1. The molecule has 6 heteroatoms. The fourth-order valence-corrected chi connectivity index (χ4v) is 3.36. The molecule has 0 bridgehead atoms. The summed E-state index contributed by atoms with van der Waals surface area (Å²) in [7, 11) is 0. The van der Waals surface area contributed by atoms with Gasteiger partial charge in [0, 0.05) is 52.7 Å². The number of hydrogen-bond donors (Lipinski definition) is 1. The summed E-state index contributed by atoms with van der Waals surface area (Å²) in [4.78, 5) is 23.0. The van der Waals surface area contributed by atoms with E-state index in [9.17, 15) is 4.79 Å². The van der Waals surface area contributed by atoms with Gasteiger partial charge in [-0.05, 0) is 38.8 Å². The molecule has 2 aliphatic rings. The standard InChI is InChI=1S/C17H33N5O/c1-4-18-17(22-11-9-21(10-12-22)16(3)23)19-13-15(2)14-20-7-5-6-8-20/h15H,4-14H2,1-3H3,(H,18,19). The van der Waals surface area contributed by atoms with E-state index in [0.717, 1.165) is 51.8 Å². The van der Waals surface area contributed by atoms with Crippen molar-refractivity contribution in [2.24, 2.45) is 10.9 Å². The van der Waals surface area contributed by atoms with Crippen LogP contribution in [0, 0.1) is 5.92 Å². The van der Waals surface area contributed by atoms with Gasteiger partial charge in [0.1, 0.15) is 0 Å². The van der Waals surface area contributed by atoms with Crippen LogP contribution >= 0.6 is 0 Å². The van der Waals surface area contributed by atoms with Gasteiger partial charge in [0.2, 0.25) is 5.91 Å². The summed E-state index contributed by atoms with van der Waals surface area (Å²) >= 11 is 0. The maximum Gasteiger partial charge on any atom is 0.219 e. The highest BCUT2D eigenvalue weighted by molar-refractivity contribution is 5.80. The molecule has 23 heavy (non-hydrogen) atoms. The van der Waals surface area contributed by atoms with Crippen LogP contribution in [-0.2, 0) is 4.79 Å². The molecule has 0 radical (unpaired) electrons. The fraction of sp³-hybridized carbons (Fsp3) is 0.882. The predicted octanol–water partition coefficient (Wildman–Crippen LogP) is 0.848. The van der Waals surface area contributed by atoms with Crippen molar-refractivity contribution in [2.45, 2.75) is 33.6 Å². The van der Waals surface area contributed by atoms with Gasteiger partial charge in [0.15, 0.2) is 5.96 Å². The van der Waals surface area contributed by atoms with Crippen molar-refractivity contribution in [2.75, 3.05) is 58.9 Å². The molecular formula is C17H33N5O. The van der Waals surface area contributed by atoms with Gasteiger partial charge in [-0.25, -0.2) is 0 Å². The first-order valence-corrected chi connectivity index (χ1v) is 9.11. The Morgan fingerprint density at radius 3 is 2.26 bits per heavy atom. The van der Waals surface area contributed by atoms with Gasteiger partial charge in [0.05, 0.1) is 0 Å². The number of hydrogen-bond acceptors (Lipinski definition) is 3. The molecule has 0 aliphatic carbocycles. The van der Waals surface area contributed by atoms with Gasteiger partial charge < -0.3 is 20.0 Å². The number of carbonyl (C=O) groups is 1. The third kappa shape index (κ3) is 5.68. The van der Waals surface area contributed by atoms with Crippen LogP contribution in [0.4, 0.5) is 0 Å². The average Bonchev–Trinajstić information content (AvgIpc) is 3.04. The van der Waals surface area contributed by atoms with Crippen LogP contribution in [-0.4, -0.2) is 85.5 Å². The fourth-order valence-electron chi connectivity index (χ4n) is 3.36. The molecule has 0 saturated carbocycles. The second-order valence-corrected chi connectivity index (χ2v) is 6.80. The van der Waals surface area contributed by atoms with Crippen LogP contribution in [0.15, 0.2) is 4.99 Å². The zero-order chi connectivity index (χ0) is 16.7. The van der Waals surface area contributed by atoms with E-state index in [0.29, 0.717) is 5.92 Å². The van der Waals surface area contributed by atoms with Crippen molar-refractivity contribution in [3.05, 3.63) is 0 Å². The van der Waals surface area contributed by atoms with E-state index >= 15 is 0 Å². The molecule has 1 amide bonds. The Kier molecular flexibility index (Phi) is 7.15. The van der Waals surface area contributed by atoms with Gasteiger partial charge >= 0.3 is 0 Å². The first kappa shape index (κ1) is 18.0. The number of aliphatic imine (C=N–C) groups is 1. The van der Waals surface area contributed by atoms with E-state index in [1.807, 2.05) is 4.90 Å². The Balaban J connectivity index is 1.83. The third-order valence-corrected chi connectivity index (χ3v) is 4.68. The molecule has 132 valence electrons. The van der Waals surface area contributed by atoms with Gasteiger partial charge in [-0.1, -0.05) is 6.92 Å². The lowest BCUT2D eigenvalue weighted by Crippen LogP contribution is -2.53. The van der Waals surface area contributed by atoms with E-state index in [2.05, 4.69) is 29.0 Å². The number of rotatable bonds is 5. The molecule has 0 aromatic carbocycles. The molecule has 1 atom stereocenters. The Hall–Kier alpha value is -1.30. The van der Waals surface area contributed by atoms with Crippen LogP contribution in [0.2, 0.25) is 0 Å². The zero-order valence-electron chi connectivity index (χ0n) is 15.1. The molecule has 0 spiro atoms. The van der Waals surface area contributed by atoms with Crippen molar-refractivity contribution in [1.29, 1.82) is 0 Å². The molecule has 1 unspecified atom stereocenters. The van der Waals surface area contributed by atoms with E-state index in [-0.39, 0.29) is 5.91 Å². The normalized spacial score (nSPS) is 21.6. The minimum atomic E-state index is 0.172. The molecule has 2 heterocycles. The number of nitrogens with one attached hydrogen (secondary N) is 1. The second kappa shape index (κ2) is 9.11. The number of nitrogens with zero attached hydrogens (tertiary/aromatic N) is 4. The molecule has 2 rings (SSSR count). The van der Waals surface area contributed by atoms with Gasteiger partial charge in [-0.2, -0.15) is 0 Å². The number of piperazine rings is 1. The van der Waals surface area contributed by atoms with Crippen LogP contribution in [0.3, 0.4) is 0 Å². The van der Waals surface area contributed by atoms with Crippen molar-refractivity contribution in [3.63, 3.8) is 0 Å². The Bertz CT molecular complexity index is 398. The highest BCUT2D eigenvalue weighted by Gasteiger charge is 2.21. The van der Waals surface area contributed by atoms with E-state index in [1.54, 1.807) is 6.92 Å². The summed E-state index contributed by atoms with van der Waals surface area (Å²) < 4.78 is 0. The summed E-state index contributed by atoms with van der Waals surface area (Å²) in [5.41, 5.74) is 0. The second-order valence-electron chi connectivity index (χ2n) is 6.80. The monoisotopic (exact) mass is 323 g/mol. The Morgan fingerprint density at radius 1 is 1.09 bits per heavy atom. The maximum atomic E-state index is 11.4. The van der Waals surface area contributed by atoms with Crippen LogP contribution in [0.1, 0.15) is 33.6 Å². The molecule has 2 aliphatic heterocycles. The highest BCUT2D eigenvalue weighted by Crippen LogP contribution is 2.11. The topological polar surface area (TPSA) is 51.2 Å². The van der Waals surface area contributed by atoms with Gasteiger partial charge in [-0.3, -0.25) is 9.79 Å². The van der Waals surface area contributed by atoms with Crippen LogP contribution in [0.25, 0.3) is 0 Å². The number of likely N-dealkylation sites (tertiary alicyclic amines) is 1. The molecule has 2 fully saturated rings. The molecule has 2 saturated heterocycles. The highest BCUT2D eigenvalue weighted by atomic mass is 16.2. The predicted molar refractivity (Wildman–Crippen MR) is 94.6 cm³/mol. The van der Waals surface area contributed by atoms with Crippen molar-refractivity contribution >= 4 is 11.9 Å². The SMILES string of the molecule is CCNC(=NCC(C)CN1CCCC1)N1CCN(C(C)=O)CC1. The van der Waals surface area contributed by atoms with Gasteiger partial charge in [0.25, 0.3) is 0 Å². The number of carbonyl (C=O) groups excluding carboxylic acids is 1. The lowest BCUT2D eigenvalue weighted by molar-refractivity contribution is -0.130. The molecule has 6 nitrogen and oxygen atoms in total. The third-order valence-electron chi connectivity index (χ3n) is 4.68. The average molecular weight is 323 g/mol. The minimum Gasteiger partial charge on any atom is -0.357 e. The van der Waals surface area contributed by atoms with Crippen molar-refractivity contribution < 1.29 is 4.79 Å². The maximum absolute atomic E-state index is 11.4. The number of guanidine groups is 1. The Labute approximate surface area is 140 Å². The molecule has 0 aromatic rings. The van der Waals surface area contributed by atoms with E-state index in [1.165, 1.54) is 25.9 Å². The van der Waals surface area contributed by atoms with Crippen LogP contribution in [0.5, 0.6) is 0 Å². The largest absolute Gasteiger partial charge is 0.357 e. The van der Waals surface area contributed by atoms with Crippen LogP contribution < -0.4 is 5.32 Å². The lowest BCUT2D eigenvalue weighted by Gasteiger charge is -2.36. The number of amides is 1. The van der Waals surface area contributed by atoms with Crippen molar-refractivity contribution in [1.82, 2.24) is 20.0 Å². The Morgan fingerprint density at radius 2 is 1.70 bits per heavy atom. The summed E-state index contributed by atoms with van der Waals surface area (Å²) in [6.07, 6.45) is 2.69. The van der Waals surface area contributed by atoms with E-state index < -0.39 is 0 Å². The van der Waals surface area contributed by atoms with E-state index in [4.69, 9.17) is 4.99 Å². The van der Waals surface area contributed by atoms with Crippen molar-refractivity contribution in [3.8, 4) is 0 Å². The molecule has 1 N–H and O–H groups in total. The van der Waals surface area contributed by atoms with Gasteiger partial charge in [-0.15, -0.1) is 0 Å². The summed E-state index contributed by atoms with van der Waals surface area (Å²) in [6.45, 7) is 14.8. The smallest absolute Gasteiger partial charge is 0.219 e. The summed E-state index contributed by atoms with van der Waals surface area (Å²) in [6, 6.07) is 0. The lowest BCUT2D eigenvalue weighted by atomic mass is 10.2. The first-order chi connectivity index (χ1) is 11.1. The first-order valence-electron chi connectivity index (χ1n) is 9.11. The summed E-state index contributed by atoms with van der Waals surface area (Å²) in [5.74, 6) is 1.76.